The zero-order valence-electron chi connectivity index (χ0n) is 14.2. The predicted octanol–water partition coefficient (Wildman–Crippen LogP) is 2.05. The van der Waals surface area contributed by atoms with Gasteiger partial charge in [-0.25, -0.2) is 4.79 Å². The van der Waals surface area contributed by atoms with Crippen molar-refractivity contribution < 1.29 is 28.9 Å². The summed E-state index contributed by atoms with van der Waals surface area (Å²) in [4.78, 5) is 23.8. The fourth-order valence-electron chi connectivity index (χ4n) is 1.83. The number of aliphatic carboxylic acids is 1. The molecule has 134 valence electrons. The molecule has 2 amide bonds. The number of hydrogen-bond acceptors (Lipinski definition) is 5. The molecule has 0 aromatic heterocycles. The molecule has 8 nitrogen and oxygen atoms in total. The van der Waals surface area contributed by atoms with Gasteiger partial charge < -0.3 is 29.5 Å². The lowest BCUT2D eigenvalue weighted by atomic mass is 10.2. The van der Waals surface area contributed by atoms with Crippen molar-refractivity contribution >= 4 is 17.7 Å². The summed E-state index contributed by atoms with van der Waals surface area (Å²) in [6, 6.07) is 4.65. The van der Waals surface area contributed by atoms with E-state index in [0.717, 1.165) is 6.42 Å². The number of carbonyl (C=O) groups excluding carboxylic acids is 1. The number of benzene rings is 1. The average molecular weight is 340 g/mol. The SMILES string of the molecule is COCCCOc1ccc(NC(=O)N(C)CCC(=O)O)cc1OC. The fourth-order valence-corrected chi connectivity index (χ4v) is 1.83. The van der Waals surface area contributed by atoms with E-state index < -0.39 is 12.0 Å². The Morgan fingerprint density at radius 2 is 1.96 bits per heavy atom. The van der Waals surface area contributed by atoms with Crippen LogP contribution < -0.4 is 14.8 Å². The molecule has 0 fully saturated rings. The van der Waals surface area contributed by atoms with E-state index in [1.165, 1.54) is 19.1 Å². The summed E-state index contributed by atoms with van der Waals surface area (Å²) in [5, 5.41) is 11.3. The second kappa shape index (κ2) is 10.3. The number of urea groups is 1. The quantitative estimate of drug-likeness (QED) is 0.633. The molecule has 0 saturated heterocycles. The van der Waals surface area contributed by atoms with E-state index in [2.05, 4.69) is 5.32 Å². The van der Waals surface area contributed by atoms with Crippen LogP contribution in [0.15, 0.2) is 18.2 Å². The van der Waals surface area contributed by atoms with Crippen molar-refractivity contribution in [1.82, 2.24) is 4.90 Å². The molecule has 1 rings (SSSR count). The lowest BCUT2D eigenvalue weighted by molar-refractivity contribution is -0.137. The summed E-state index contributed by atoms with van der Waals surface area (Å²) in [5.74, 6) is 0.121. The van der Waals surface area contributed by atoms with Crippen molar-refractivity contribution in [3.63, 3.8) is 0 Å². The van der Waals surface area contributed by atoms with Gasteiger partial charge in [-0.3, -0.25) is 4.79 Å². The van der Waals surface area contributed by atoms with E-state index in [0.29, 0.717) is 30.4 Å². The number of anilines is 1. The Morgan fingerprint density at radius 1 is 1.21 bits per heavy atom. The standard InChI is InChI=1S/C16H24N2O6/c1-18(8-7-15(19)20)16(21)17-12-5-6-13(14(11-12)23-3)24-10-4-9-22-2/h5-6,11H,4,7-10H2,1-3H3,(H,17,21)(H,19,20). The second-order valence-corrected chi connectivity index (χ2v) is 5.06. The van der Waals surface area contributed by atoms with Crippen molar-refractivity contribution in [3.8, 4) is 11.5 Å². The summed E-state index contributed by atoms with van der Waals surface area (Å²) in [6.45, 7) is 1.23. The van der Waals surface area contributed by atoms with Crippen LogP contribution >= 0.6 is 0 Å². The summed E-state index contributed by atoms with van der Waals surface area (Å²) < 4.78 is 15.8. The minimum absolute atomic E-state index is 0.110. The van der Waals surface area contributed by atoms with Crippen LogP contribution in [-0.4, -0.2) is 63.0 Å². The Labute approximate surface area is 141 Å². The molecule has 0 atom stereocenters. The summed E-state index contributed by atoms with van der Waals surface area (Å²) in [7, 11) is 4.68. The van der Waals surface area contributed by atoms with Crippen molar-refractivity contribution in [1.29, 1.82) is 0 Å². The third kappa shape index (κ3) is 6.74. The number of methoxy groups -OCH3 is 2. The number of carboxylic acid groups (broad SMARTS) is 1. The monoisotopic (exact) mass is 340 g/mol. The van der Waals surface area contributed by atoms with Crippen LogP contribution in [0.3, 0.4) is 0 Å². The van der Waals surface area contributed by atoms with Crippen LogP contribution in [0.1, 0.15) is 12.8 Å². The van der Waals surface area contributed by atoms with Gasteiger partial charge in [0.25, 0.3) is 0 Å². The molecule has 0 heterocycles. The number of hydrogen-bond donors (Lipinski definition) is 2. The van der Waals surface area contributed by atoms with E-state index in [1.54, 1.807) is 25.3 Å². The van der Waals surface area contributed by atoms with Gasteiger partial charge >= 0.3 is 12.0 Å². The first-order chi connectivity index (χ1) is 11.5. The van der Waals surface area contributed by atoms with Gasteiger partial charge in [0, 0.05) is 45.5 Å². The first-order valence-corrected chi connectivity index (χ1v) is 7.51. The molecule has 1 aromatic carbocycles. The summed E-state index contributed by atoms with van der Waals surface area (Å²) >= 11 is 0. The molecule has 0 unspecified atom stereocenters. The Bertz CT molecular complexity index is 549. The summed E-state index contributed by atoms with van der Waals surface area (Å²) in [5.41, 5.74) is 0.531. The molecule has 2 N–H and O–H groups in total. The molecule has 24 heavy (non-hydrogen) atoms. The van der Waals surface area contributed by atoms with E-state index in [-0.39, 0.29) is 13.0 Å². The average Bonchev–Trinajstić information content (AvgIpc) is 2.57. The highest BCUT2D eigenvalue weighted by atomic mass is 16.5. The highest BCUT2D eigenvalue weighted by molar-refractivity contribution is 5.89. The minimum Gasteiger partial charge on any atom is -0.493 e. The third-order valence-corrected chi connectivity index (χ3v) is 3.17. The fraction of sp³-hybridized carbons (Fsp3) is 0.500. The number of rotatable bonds is 10. The first kappa shape index (κ1) is 19.6. The van der Waals surface area contributed by atoms with Crippen LogP contribution in [0.5, 0.6) is 11.5 Å². The van der Waals surface area contributed by atoms with Crippen LogP contribution in [0.4, 0.5) is 10.5 Å². The van der Waals surface area contributed by atoms with E-state index in [4.69, 9.17) is 19.3 Å². The van der Waals surface area contributed by atoms with Crippen molar-refractivity contribution in [3.05, 3.63) is 18.2 Å². The lowest BCUT2D eigenvalue weighted by Gasteiger charge is -2.18. The summed E-state index contributed by atoms with van der Waals surface area (Å²) in [6.07, 6.45) is 0.647. The molecule has 0 spiro atoms. The number of amides is 2. The maximum Gasteiger partial charge on any atom is 0.321 e. The van der Waals surface area contributed by atoms with Crippen molar-refractivity contribution in [2.45, 2.75) is 12.8 Å². The van der Waals surface area contributed by atoms with Gasteiger partial charge in [0.05, 0.1) is 20.1 Å². The zero-order chi connectivity index (χ0) is 17.9. The smallest absolute Gasteiger partial charge is 0.321 e. The molecule has 0 saturated carbocycles. The number of ether oxygens (including phenoxy) is 3. The second-order valence-electron chi connectivity index (χ2n) is 5.06. The van der Waals surface area contributed by atoms with Gasteiger partial charge in [0.15, 0.2) is 11.5 Å². The van der Waals surface area contributed by atoms with Gasteiger partial charge in [-0.2, -0.15) is 0 Å². The maximum absolute atomic E-state index is 12.0. The Hall–Kier alpha value is -2.48. The molecular formula is C16H24N2O6. The number of carbonyl (C=O) groups is 2. The molecule has 0 bridgehead atoms. The highest BCUT2D eigenvalue weighted by Gasteiger charge is 2.12. The van der Waals surface area contributed by atoms with Crippen LogP contribution in [0, 0.1) is 0 Å². The van der Waals surface area contributed by atoms with E-state index >= 15 is 0 Å². The molecule has 0 aliphatic carbocycles. The zero-order valence-corrected chi connectivity index (χ0v) is 14.2. The molecule has 0 radical (unpaired) electrons. The van der Waals surface area contributed by atoms with Gasteiger partial charge in [-0.1, -0.05) is 0 Å². The largest absolute Gasteiger partial charge is 0.493 e. The van der Waals surface area contributed by atoms with Crippen molar-refractivity contribution in [2.75, 3.05) is 46.3 Å². The topological polar surface area (TPSA) is 97.3 Å². The molecule has 0 aliphatic heterocycles. The Balaban J connectivity index is 2.62. The minimum atomic E-state index is -0.953. The van der Waals surface area contributed by atoms with Gasteiger partial charge in [0.1, 0.15) is 0 Å². The molecular weight excluding hydrogens is 316 g/mol. The van der Waals surface area contributed by atoms with E-state index in [9.17, 15) is 9.59 Å². The van der Waals surface area contributed by atoms with Gasteiger partial charge in [-0.05, 0) is 12.1 Å². The molecule has 8 heteroatoms. The first-order valence-electron chi connectivity index (χ1n) is 7.51. The van der Waals surface area contributed by atoms with Crippen LogP contribution in [-0.2, 0) is 9.53 Å². The van der Waals surface area contributed by atoms with Gasteiger partial charge in [0.2, 0.25) is 0 Å². The lowest BCUT2D eigenvalue weighted by Crippen LogP contribution is -2.33. The van der Waals surface area contributed by atoms with Gasteiger partial charge in [-0.15, -0.1) is 0 Å². The predicted molar refractivity (Wildman–Crippen MR) is 88.9 cm³/mol. The Kier molecular flexibility index (Phi) is 8.42. The Morgan fingerprint density at radius 3 is 2.58 bits per heavy atom. The third-order valence-electron chi connectivity index (χ3n) is 3.17. The number of carboxylic acids is 1. The van der Waals surface area contributed by atoms with Crippen molar-refractivity contribution in [2.24, 2.45) is 0 Å². The highest BCUT2D eigenvalue weighted by Crippen LogP contribution is 2.30. The normalized spacial score (nSPS) is 10.1. The number of nitrogens with zero attached hydrogens (tertiary/aromatic N) is 1. The van der Waals surface area contributed by atoms with Crippen LogP contribution in [0.25, 0.3) is 0 Å². The van der Waals surface area contributed by atoms with Crippen LogP contribution in [0.2, 0.25) is 0 Å². The number of nitrogens with one attached hydrogen (secondary N) is 1. The van der Waals surface area contributed by atoms with E-state index in [1.807, 2.05) is 0 Å². The maximum atomic E-state index is 12.0. The molecule has 1 aromatic rings. The molecule has 0 aliphatic rings.